The number of hydrogen-bond donors (Lipinski definition) is 2. The first-order chi connectivity index (χ1) is 12.6. The molecule has 1 rings (SSSR count). The molecule has 1 heterocycles. The van der Waals surface area contributed by atoms with Gasteiger partial charge in [0.2, 0.25) is 0 Å². The van der Waals surface area contributed by atoms with Gasteiger partial charge in [-0.2, -0.15) is 0 Å². The summed E-state index contributed by atoms with van der Waals surface area (Å²) in [7, 11) is 0. The minimum atomic E-state index is -0.339. The van der Waals surface area contributed by atoms with Crippen LogP contribution in [0, 0.1) is 5.41 Å². The Bertz CT molecular complexity index is 373. The average molecular weight is 403 g/mol. The van der Waals surface area contributed by atoms with Gasteiger partial charge in [0.05, 0.1) is 18.1 Å². The fourth-order valence-electron chi connectivity index (χ4n) is 3.99. The van der Waals surface area contributed by atoms with Crippen molar-refractivity contribution in [1.29, 1.82) is 0 Å². The Kier molecular flexibility index (Phi) is 16.5. The summed E-state index contributed by atoms with van der Waals surface area (Å²) in [5.74, 6) is 1.03. The SMILES string of the molecule is CCCCCCCCCCCCCCCCC(C)(C1=NCCN1)C(C)O.Cl. The monoisotopic (exact) mass is 402 g/mol. The van der Waals surface area contributed by atoms with Crippen molar-refractivity contribution in [2.75, 3.05) is 13.1 Å². The number of aliphatic hydroxyl groups is 1. The summed E-state index contributed by atoms with van der Waals surface area (Å²) in [5.41, 5.74) is -0.187. The molecule has 3 nitrogen and oxygen atoms in total. The molecule has 0 aliphatic carbocycles. The molecule has 2 unspecified atom stereocenters. The van der Waals surface area contributed by atoms with Crippen LogP contribution in [0.4, 0.5) is 0 Å². The number of aliphatic imine (C=N–C) groups is 1. The molecular weight excluding hydrogens is 356 g/mol. The number of aliphatic hydroxyl groups excluding tert-OH is 1. The summed E-state index contributed by atoms with van der Waals surface area (Å²) in [5, 5.41) is 13.6. The van der Waals surface area contributed by atoms with Gasteiger partial charge in [-0.15, -0.1) is 12.4 Å². The van der Waals surface area contributed by atoms with E-state index in [1.165, 1.54) is 89.9 Å². The molecule has 2 atom stereocenters. The molecule has 27 heavy (non-hydrogen) atoms. The smallest absolute Gasteiger partial charge is 0.105 e. The van der Waals surface area contributed by atoms with Crippen LogP contribution in [0.2, 0.25) is 0 Å². The first-order valence-corrected chi connectivity index (χ1v) is 11.6. The first-order valence-electron chi connectivity index (χ1n) is 11.6. The highest BCUT2D eigenvalue weighted by atomic mass is 35.5. The zero-order valence-electron chi connectivity index (χ0n) is 18.4. The molecule has 0 amide bonds. The number of hydrogen-bond acceptors (Lipinski definition) is 3. The van der Waals surface area contributed by atoms with E-state index in [-0.39, 0.29) is 23.9 Å². The minimum absolute atomic E-state index is 0. The third kappa shape index (κ3) is 11.3. The molecule has 0 aromatic rings. The van der Waals surface area contributed by atoms with Gasteiger partial charge in [-0.25, -0.2) is 0 Å². The standard InChI is InChI=1S/C23H46N2O.ClH/c1-4-5-6-7-8-9-10-11-12-13-14-15-16-17-18-23(3,21(2)26)22-24-19-20-25-22;/h21,26H,4-20H2,1-3H3,(H,24,25);1H. The number of nitrogens with zero attached hydrogens (tertiary/aromatic N) is 1. The lowest BCUT2D eigenvalue weighted by Crippen LogP contribution is -2.43. The summed E-state index contributed by atoms with van der Waals surface area (Å²) in [6, 6.07) is 0. The predicted octanol–water partition coefficient (Wildman–Crippen LogP) is 6.67. The van der Waals surface area contributed by atoms with E-state index in [1.807, 2.05) is 6.92 Å². The van der Waals surface area contributed by atoms with Gasteiger partial charge in [-0.3, -0.25) is 4.99 Å². The molecule has 0 saturated heterocycles. The second kappa shape index (κ2) is 16.7. The van der Waals surface area contributed by atoms with E-state index in [0.29, 0.717) is 0 Å². The highest BCUT2D eigenvalue weighted by Gasteiger charge is 2.36. The van der Waals surface area contributed by atoms with Gasteiger partial charge in [0.1, 0.15) is 5.84 Å². The predicted molar refractivity (Wildman–Crippen MR) is 122 cm³/mol. The van der Waals surface area contributed by atoms with Crippen LogP contribution >= 0.6 is 12.4 Å². The van der Waals surface area contributed by atoms with Crippen molar-refractivity contribution in [2.24, 2.45) is 10.4 Å². The molecule has 0 saturated carbocycles. The maximum atomic E-state index is 10.2. The van der Waals surface area contributed by atoms with E-state index < -0.39 is 0 Å². The number of halogens is 1. The largest absolute Gasteiger partial charge is 0.392 e. The van der Waals surface area contributed by atoms with Gasteiger partial charge < -0.3 is 10.4 Å². The van der Waals surface area contributed by atoms with E-state index in [4.69, 9.17) is 0 Å². The second-order valence-electron chi connectivity index (χ2n) is 8.60. The van der Waals surface area contributed by atoms with Crippen LogP contribution < -0.4 is 5.32 Å². The fraction of sp³-hybridized carbons (Fsp3) is 0.957. The lowest BCUT2D eigenvalue weighted by atomic mass is 9.78. The van der Waals surface area contributed by atoms with Gasteiger partial charge in [0, 0.05) is 6.54 Å². The Morgan fingerprint density at radius 1 is 0.889 bits per heavy atom. The van der Waals surface area contributed by atoms with Gasteiger partial charge in [-0.05, 0) is 13.3 Å². The maximum Gasteiger partial charge on any atom is 0.105 e. The summed E-state index contributed by atoms with van der Waals surface area (Å²) < 4.78 is 0. The number of unbranched alkanes of at least 4 members (excludes halogenated alkanes) is 13. The molecule has 162 valence electrons. The van der Waals surface area contributed by atoms with Crippen LogP contribution in [0.25, 0.3) is 0 Å². The van der Waals surface area contributed by atoms with Gasteiger partial charge in [-0.1, -0.05) is 104 Å². The molecule has 0 aromatic carbocycles. The van der Waals surface area contributed by atoms with Crippen molar-refractivity contribution in [3.05, 3.63) is 0 Å². The Labute approximate surface area is 175 Å². The Morgan fingerprint density at radius 2 is 1.33 bits per heavy atom. The van der Waals surface area contributed by atoms with Crippen molar-refractivity contribution in [1.82, 2.24) is 5.32 Å². The molecule has 0 radical (unpaired) electrons. The Hall–Kier alpha value is -0.280. The van der Waals surface area contributed by atoms with Crippen LogP contribution in [-0.2, 0) is 0 Å². The van der Waals surface area contributed by atoms with E-state index in [9.17, 15) is 5.11 Å². The van der Waals surface area contributed by atoms with Crippen molar-refractivity contribution in [2.45, 2.75) is 123 Å². The highest BCUT2D eigenvalue weighted by Crippen LogP contribution is 2.31. The van der Waals surface area contributed by atoms with E-state index >= 15 is 0 Å². The van der Waals surface area contributed by atoms with Crippen molar-refractivity contribution in [3.63, 3.8) is 0 Å². The summed E-state index contributed by atoms with van der Waals surface area (Å²) in [6.45, 7) is 8.14. The summed E-state index contributed by atoms with van der Waals surface area (Å²) >= 11 is 0. The molecule has 1 aliphatic rings. The molecule has 0 spiro atoms. The van der Waals surface area contributed by atoms with Crippen molar-refractivity contribution in [3.8, 4) is 0 Å². The summed E-state index contributed by atoms with van der Waals surface area (Å²) in [4.78, 5) is 4.56. The fourth-order valence-corrected chi connectivity index (χ4v) is 3.99. The Balaban J connectivity index is 0.00000676. The van der Waals surface area contributed by atoms with Crippen LogP contribution in [0.5, 0.6) is 0 Å². The van der Waals surface area contributed by atoms with Crippen LogP contribution in [0.3, 0.4) is 0 Å². The van der Waals surface area contributed by atoms with Gasteiger partial charge in [0.25, 0.3) is 0 Å². The van der Waals surface area contributed by atoms with Crippen molar-refractivity contribution < 1.29 is 5.11 Å². The second-order valence-corrected chi connectivity index (χ2v) is 8.60. The van der Waals surface area contributed by atoms with Crippen LogP contribution in [-0.4, -0.2) is 30.1 Å². The molecular formula is C23H47ClN2O. The normalized spacial score (nSPS) is 17.0. The third-order valence-corrected chi connectivity index (χ3v) is 6.19. The zero-order chi connectivity index (χ0) is 19.1. The maximum absolute atomic E-state index is 10.2. The average Bonchev–Trinajstić information content (AvgIpc) is 3.17. The molecule has 4 heteroatoms. The molecule has 0 bridgehead atoms. The third-order valence-electron chi connectivity index (χ3n) is 6.19. The minimum Gasteiger partial charge on any atom is -0.392 e. The van der Waals surface area contributed by atoms with Gasteiger partial charge >= 0.3 is 0 Å². The molecule has 2 N–H and O–H groups in total. The topological polar surface area (TPSA) is 44.6 Å². The summed E-state index contributed by atoms with van der Waals surface area (Å²) in [6.07, 6.45) is 20.1. The first kappa shape index (κ1) is 26.7. The molecule has 0 fully saturated rings. The quantitative estimate of drug-likeness (QED) is 0.267. The van der Waals surface area contributed by atoms with Crippen LogP contribution in [0.15, 0.2) is 4.99 Å². The Morgan fingerprint density at radius 3 is 1.70 bits per heavy atom. The highest BCUT2D eigenvalue weighted by molar-refractivity contribution is 5.89. The van der Waals surface area contributed by atoms with Gasteiger partial charge in [0.15, 0.2) is 0 Å². The number of amidine groups is 1. The zero-order valence-corrected chi connectivity index (χ0v) is 19.2. The lowest BCUT2D eigenvalue weighted by molar-refractivity contribution is 0.0903. The van der Waals surface area contributed by atoms with E-state index in [1.54, 1.807) is 0 Å². The van der Waals surface area contributed by atoms with Crippen LogP contribution in [0.1, 0.15) is 117 Å². The number of rotatable bonds is 17. The lowest BCUT2D eigenvalue weighted by Gasteiger charge is -2.33. The van der Waals surface area contributed by atoms with Crippen molar-refractivity contribution >= 4 is 18.2 Å². The number of nitrogens with one attached hydrogen (secondary N) is 1. The molecule has 0 aromatic heterocycles. The van der Waals surface area contributed by atoms with E-state index in [0.717, 1.165) is 25.3 Å². The molecule has 1 aliphatic heterocycles. The van der Waals surface area contributed by atoms with E-state index in [2.05, 4.69) is 24.2 Å².